The predicted octanol–water partition coefficient (Wildman–Crippen LogP) is -0.102. The van der Waals surface area contributed by atoms with E-state index in [2.05, 4.69) is 31.0 Å². The van der Waals surface area contributed by atoms with Gasteiger partial charge in [0.05, 0.1) is 13.2 Å². The Morgan fingerprint density at radius 3 is 2.82 bits per heavy atom. The molecule has 4 heterocycles. The molecule has 2 atom stereocenters. The number of anilines is 1. The van der Waals surface area contributed by atoms with Crippen LogP contribution in [0.15, 0.2) is 27.0 Å². The lowest BCUT2D eigenvalue weighted by Gasteiger charge is -2.49. The Bertz CT molecular complexity index is 1320. The Kier molecular flexibility index (Phi) is 8.34. The molecule has 0 radical (unpaired) electrons. The number of nitrogens with one attached hydrogen (secondary N) is 1. The molecule has 1 saturated carbocycles. The van der Waals surface area contributed by atoms with Crippen molar-refractivity contribution < 1.29 is 29.4 Å². The minimum atomic E-state index is -1.24. The Balaban J connectivity index is 1.29. The van der Waals surface area contributed by atoms with E-state index in [9.17, 15) is 19.5 Å². The third-order valence-electron chi connectivity index (χ3n) is 6.30. The molecule has 15 nitrogen and oxygen atoms in total. The molecule has 3 aliphatic rings. The van der Waals surface area contributed by atoms with E-state index in [1.165, 1.54) is 33.1 Å². The fourth-order valence-electron chi connectivity index (χ4n) is 4.41. The highest BCUT2D eigenvalue weighted by atomic mass is 32.2. The van der Waals surface area contributed by atoms with E-state index in [-0.39, 0.29) is 47.2 Å². The number of β-lactam (4-membered cyclic amide) rings is 1. The van der Waals surface area contributed by atoms with Crippen molar-refractivity contribution in [3.63, 3.8) is 0 Å². The number of carboxylic acid groups (broad SMARTS) is 1. The molecule has 1 unspecified atom stereocenters. The smallest absolute Gasteiger partial charge is 0.352 e. The quantitative estimate of drug-likeness (QED) is 0.116. The first-order chi connectivity index (χ1) is 18.9. The molecule has 2 aromatic heterocycles. The summed E-state index contributed by atoms with van der Waals surface area (Å²) in [5.74, 6) is -1.89. The van der Waals surface area contributed by atoms with Gasteiger partial charge in [-0.2, -0.15) is 0 Å². The summed E-state index contributed by atoms with van der Waals surface area (Å²) in [6, 6.07) is -0.949. The van der Waals surface area contributed by atoms with Crippen molar-refractivity contribution >= 4 is 63.5 Å². The fraction of sp³-hybridized carbons (Fsp3) is 0.524. The van der Waals surface area contributed by atoms with E-state index >= 15 is 0 Å². The maximum Gasteiger partial charge on any atom is 0.352 e. The van der Waals surface area contributed by atoms with Gasteiger partial charge in [0.25, 0.3) is 11.8 Å². The number of aliphatic carboxylic acids is 1. The summed E-state index contributed by atoms with van der Waals surface area (Å²) in [7, 11) is 0. The number of nitrogens with zero attached hydrogens (tertiary/aromatic N) is 7. The van der Waals surface area contributed by atoms with E-state index in [0.29, 0.717) is 16.5 Å². The van der Waals surface area contributed by atoms with Gasteiger partial charge in [-0.1, -0.05) is 16.9 Å². The van der Waals surface area contributed by atoms with Gasteiger partial charge in [-0.05, 0) is 41.7 Å². The second-order valence-corrected chi connectivity index (χ2v) is 11.8. The minimum Gasteiger partial charge on any atom is -0.477 e. The van der Waals surface area contributed by atoms with Crippen LogP contribution in [0.4, 0.5) is 5.13 Å². The molecular weight excluding hydrogens is 570 g/mol. The molecule has 1 aliphatic carbocycles. The topological polar surface area (TPSA) is 211 Å². The van der Waals surface area contributed by atoms with E-state index in [1.54, 1.807) is 5.38 Å². The van der Waals surface area contributed by atoms with E-state index in [1.807, 2.05) is 0 Å². The molecule has 2 fully saturated rings. The number of aliphatic hydroxyl groups excluding tert-OH is 1. The number of hydrogen-bond acceptors (Lipinski definition) is 14. The van der Waals surface area contributed by atoms with Gasteiger partial charge >= 0.3 is 5.97 Å². The Labute approximate surface area is 234 Å². The van der Waals surface area contributed by atoms with Crippen LogP contribution in [-0.2, 0) is 25.8 Å². The van der Waals surface area contributed by atoms with Crippen LogP contribution in [0, 0.1) is 0 Å². The summed E-state index contributed by atoms with van der Waals surface area (Å²) < 4.78 is 1.41. The van der Waals surface area contributed by atoms with Crippen molar-refractivity contribution in [3.05, 3.63) is 22.3 Å². The molecule has 1 saturated heterocycles. The van der Waals surface area contributed by atoms with Crippen molar-refractivity contribution in [1.82, 2.24) is 35.4 Å². The Hall–Kier alpha value is -3.22. The number of amides is 2. The standard InChI is InChI=1S/C21H25N9O6S3/c22-20-23-12(9-38-20)13(26-36-11-3-1-2-4-11)16(32)24-14-17(33)30-15(19(34)35)10(7-37-18(14)30)8-39-21-25-27-28-29(21)5-6-31/h9,11,14,18,31H,1-8H2,(H2,22,23)(H,24,32)(H,34,35)/t14?,18-/m1/s1. The molecule has 5 rings (SSSR count). The zero-order chi connectivity index (χ0) is 27.5. The van der Waals surface area contributed by atoms with Crippen molar-refractivity contribution in [2.75, 3.05) is 23.8 Å². The molecule has 208 valence electrons. The molecular formula is C21H25N9O6S3. The zero-order valence-electron chi connectivity index (χ0n) is 20.4. The van der Waals surface area contributed by atoms with Crippen LogP contribution in [0.25, 0.3) is 0 Å². The fourth-order valence-corrected chi connectivity index (χ4v) is 7.35. The first-order valence-corrected chi connectivity index (χ1v) is 14.9. The number of oxime groups is 1. The number of carboxylic acids is 1. The average Bonchev–Trinajstić information content (AvgIpc) is 3.69. The molecule has 0 bridgehead atoms. The highest BCUT2D eigenvalue weighted by Crippen LogP contribution is 2.41. The summed E-state index contributed by atoms with van der Waals surface area (Å²) >= 11 is 3.70. The van der Waals surface area contributed by atoms with Crippen molar-refractivity contribution in [3.8, 4) is 0 Å². The average molecular weight is 596 g/mol. The van der Waals surface area contributed by atoms with Crippen molar-refractivity contribution in [1.29, 1.82) is 0 Å². The number of aromatic nitrogens is 5. The van der Waals surface area contributed by atoms with Crippen molar-refractivity contribution in [2.24, 2.45) is 5.16 Å². The van der Waals surface area contributed by atoms with Gasteiger partial charge in [-0.3, -0.25) is 14.5 Å². The number of hydrogen-bond donors (Lipinski definition) is 4. The number of thioether (sulfide) groups is 2. The molecule has 18 heteroatoms. The van der Waals surface area contributed by atoms with Gasteiger partial charge < -0.3 is 26.1 Å². The summed E-state index contributed by atoms with van der Waals surface area (Å²) in [5, 5.41) is 38.8. The number of carbonyl (C=O) groups excluding carboxylic acids is 2. The third-order valence-corrected chi connectivity index (χ3v) is 9.35. The lowest BCUT2D eigenvalue weighted by Crippen LogP contribution is -2.71. The van der Waals surface area contributed by atoms with Crippen molar-refractivity contribution in [2.45, 2.75) is 54.9 Å². The number of carbonyl (C=O) groups is 3. The van der Waals surface area contributed by atoms with E-state index < -0.39 is 29.2 Å². The SMILES string of the molecule is Nc1nc(C(=NOC2CCCC2)C(=O)NC2C(=O)N3C(C(=O)O)=C(CSc4nnnn4CCO)CS[C@H]23)cs1. The highest BCUT2D eigenvalue weighted by molar-refractivity contribution is 8.01. The second kappa shape index (κ2) is 11.9. The number of tetrazole rings is 1. The molecule has 2 aromatic rings. The van der Waals surface area contributed by atoms with Crippen LogP contribution in [0.3, 0.4) is 0 Å². The zero-order valence-corrected chi connectivity index (χ0v) is 22.9. The Morgan fingerprint density at radius 1 is 1.33 bits per heavy atom. The highest BCUT2D eigenvalue weighted by Gasteiger charge is 2.54. The summed E-state index contributed by atoms with van der Waals surface area (Å²) in [6.45, 7) is 0.0526. The lowest BCUT2D eigenvalue weighted by molar-refractivity contribution is -0.150. The van der Waals surface area contributed by atoms with Gasteiger partial charge in [-0.25, -0.2) is 14.5 Å². The van der Waals surface area contributed by atoms with E-state index in [4.69, 9.17) is 15.7 Å². The van der Waals surface area contributed by atoms with Crippen LogP contribution in [-0.4, -0.2) is 99.4 Å². The minimum absolute atomic E-state index is 0.0893. The van der Waals surface area contributed by atoms with Gasteiger partial charge in [0.15, 0.2) is 10.8 Å². The maximum atomic E-state index is 13.2. The van der Waals surface area contributed by atoms with Crippen LogP contribution in [0.5, 0.6) is 0 Å². The largest absolute Gasteiger partial charge is 0.477 e. The first-order valence-electron chi connectivity index (χ1n) is 12.0. The van der Waals surface area contributed by atoms with Gasteiger partial charge in [-0.15, -0.1) is 28.2 Å². The first kappa shape index (κ1) is 27.4. The number of rotatable bonds is 11. The number of nitrogens with two attached hydrogens (primary N) is 1. The normalized spacial score (nSPS) is 21.6. The summed E-state index contributed by atoms with van der Waals surface area (Å²) in [6.07, 6.45) is 3.64. The molecule has 5 N–H and O–H groups in total. The molecule has 2 aliphatic heterocycles. The van der Waals surface area contributed by atoms with Gasteiger partial charge in [0.1, 0.15) is 28.9 Å². The Morgan fingerprint density at radius 2 is 2.13 bits per heavy atom. The van der Waals surface area contributed by atoms with Crippen LogP contribution in [0.2, 0.25) is 0 Å². The molecule has 39 heavy (non-hydrogen) atoms. The third kappa shape index (κ3) is 5.73. The van der Waals surface area contributed by atoms with Crippen LogP contribution in [0.1, 0.15) is 31.4 Å². The predicted molar refractivity (Wildman–Crippen MR) is 142 cm³/mol. The lowest BCUT2D eigenvalue weighted by atomic mass is 10.0. The van der Waals surface area contributed by atoms with Gasteiger partial charge in [0.2, 0.25) is 5.16 Å². The maximum absolute atomic E-state index is 13.2. The van der Waals surface area contributed by atoms with Crippen LogP contribution < -0.4 is 11.1 Å². The molecule has 0 spiro atoms. The van der Waals surface area contributed by atoms with E-state index in [0.717, 1.165) is 37.0 Å². The summed E-state index contributed by atoms with van der Waals surface area (Å²) in [4.78, 5) is 49.5. The number of thiazole rings is 1. The molecule has 2 amide bonds. The van der Waals surface area contributed by atoms with Crippen LogP contribution >= 0.6 is 34.9 Å². The monoisotopic (exact) mass is 595 g/mol. The second-order valence-electron chi connectivity index (χ2n) is 8.84. The van der Waals surface area contributed by atoms with Gasteiger partial charge in [0, 0.05) is 16.9 Å². The number of nitrogen functional groups attached to an aromatic ring is 1. The number of fused-ring (bicyclic) bond motifs is 1. The number of aliphatic hydroxyl groups is 1. The molecule has 0 aromatic carbocycles. The summed E-state index contributed by atoms with van der Waals surface area (Å²) in [5.41, 5.74) is 6.30.